The van der Waals surface area contributed by atoms with Gasteiger partial charge in [-0.15, -0.1) is 0 Å². The summed E-state index contributed by atoms with van der Waals surface area (Å²) in [6.07, 6.45) is 9.80. The molecule has 1 rings (SSSR count). The molecule has 1 aliphatic rings. The van der Waals surface area contributed by atoms with Gasteiger partial charge < -0.3 is 5.32 Å². The second-order valence-electron chi connectivity index (χ2n) is 6.43. The van der Waals surface area contributed by atoms with Crippen LogP contribution in [0, 0.1) is 11.3 Å². The minimum Gasteiger partial charge on any atom is -0.391 e. The van der Waals surface area contributed by atoms with Crippen molar-refractivity contribution in [2.45, 2.75) is 40.0 Å². The number of carbonyl (C=O) groups excluding carboxylic acids is 1. The molecule has 0 aliphatic heterocycles. The molecule has 0 aromatic heterocycles. The van der Waals surface area contributed by atoms with Crippen LogP contribution in [0.1, 0.15) is 40.0 Å². The van der Waals surface area contributed by atoms with Gasteiger partial charge in [0.05, 0.1) is 0 Å². The number of carbonyl (C=O) groups is 1. The molecule has 2 nitrogen and oxygen atoms in total. The van der Waals surface area contributed by atoms with E-state index in [0.717, 1.165) is 24.7 Å². The van der Waals surface area contributed by atoms with Gasteiger partial charge in [-0.1, -0.05) is 32.9 Å². The van der Waals surface area contributed by atoms with E-state index >= 15 is 0 Å². The molecule has 20 heavy (non-hydrogen) atoms. The third-order valence-corrected chi connectivity index (χ3v) is 4.42. The summed E-state index contributed by atoms with van der Waals surface area (Å²) in [5, 5.41) is 3.33. The van der Waals surface area contributed by atoms with E-state index in [1.54, 1.807) is 0 Å². The monoisotopic (exact) mass is 293 g/mol. The molecule has 0 spiro atoms. The van der Waals surface area contributed by atoms with Crippen LogP contribution in [-0.4, -0.2) is 19.1 Å². The van der Waals surface area contributed by atoms with Gasteiger partial charge in [0.25, 0.3) is 0 Å². The molecule has 3 heteroatoms. The fourth-order valence-electron chi connectivity index (χ4n) is 2.67. The van der Waals surface area contributed by atoms with Gasteiger partial charge >= 0.3 is 0 Å². The SMILES string of the molecule is CNC1=C(/C=C(/C=C/C=O)CS)CC(C(C)(C)C)CC1. The largest absolute Gasteiger partial charge is 0.391 e. The summed E-state index contributed by atoms with van der Waals surface area (Å²) in [5.74, 6) is 1.34. The minimum atomic E-state index is 0.331. The Morgan fingerprint density at radius 3 is 2.65 bits per heavy atom. The van der Waals surface area contributed by atoms with Crippen molar-refractivity contribution in [1.82, 2.24) is 5.32 Å². The first-order chi connectivity index (χ1) is 9.42. The lowest BCUT2D eigenvalue weighted by Gasteiger charge is -2.35. The zero-order valence-electron chi connectivity index (χ0n) is 13.1. The van der Waals surface area contributed by atoms with Gasteiger partial charge in [-0.25, -0.2) is 0 Å². The van der Waals surface area contributed by atoms with Crippen molar-refractivity contribution in [3.05, 3.63) is 35.1 Å². The second-order valence-corrected chi connectivity index (χ2v) is 6.75. The Labute approximate surface area is 128 Å². The topological polar surface area (TPSA) is 29.1 Å². The molecule has 1 N–H and O–H groups in total. The van der Waals surface area contributed by atoms with Gasteiger partial charge in [-0.2, -0.15) is 12.6 Å². The molecule has 0 radical (unpaired) electrons. The van der Waals surface area contributed by atoms with E-state index in [-0.39, 0.29) is 0 Å². The number of hydrogen-bond donors (Lipinski definition) is 2. The number of nitrogens with one attached hydrogen (secondary N) is 1. The molecule has 0 heterocycles. The number of aldehydes is 1. The molecule has 0 aromatic carbocycles. The molecular weight excluding hydrogens is 266 g/mol. The van der Waals surface area contributed by atoms with E-state index in [4.69, 9.17) is 0 Å². The first-order valence-electron chi connectivity index (χ1n) is 7.25. The van der Waals surface area contributed by atoms with Crippen LogP contribution in [0.25, 0.3) is 0 Å². The summed E-state index contributed by atoms with van der Waals surface area (Å²) in [4.78, 5) is 10.5. The van der Waals surface area contributed by atoms with Crippen molar-refractivity contribution in [2.75, 3.05) is 12.8 Å². The Morgan fingerprint density at radius 2 is 2.15 bits per heavy atom. The molecule has 1 aliphatic carbocycles. The molecular formula is C17H27NOS. The Bertz CT molecular complexity index is 427. The van der Waals surface area contributed by atoms with Crippen LogP contribution >= 0.6 is 12.6 Å². The van der Waals surface area contributed by atoms with Gasteiger partial charge in [0.15, 0.2) is 0 Å². The van der Waals surface area contributed by atoms with Crippen LogP contribution in [0.3, 0.4) is 0 Å². The zero-order chi connectivity index (χ0) is 15.2. The normalized spacial score (nSPS) is 21.4. The highest BCUT2D eigenvalue weighted by atomic mass is 32.1. The highest BCUT2D eigenvalue weighted by Gasteiger charge is 2.29. The van der Waals surface area contributed by atoms with E-state index in [9.17, 15) is 4.79 Å². The van der Waals surface area contributed by atoms with E-state index in [2.05, 4.69) is 44.8 Å². The van der Waals surface area contributed by atoms with Crippen molar-refractivity contribution >= 4 is 18.9 Å². The van der Waals surface area contributed by atoms with Crippen molar-refractivity contribution in [1.29, 1.82) is 0 Å². The standard InChI is InChI=1S/C17H27NOS/c1-17(2,3)15-7-8-16(18-4)14(11-15)10-13(12-20)6-5-9-19/h5-6,9-10,15,18,20H,7-8,11-12H2,1-4H3/b6-5+,13-10-. The van der Waals surface area contributed by atoms with E-state index in [0.29, 0.717) is 17.1 Å². The van der Waals surface area contributed by atoms with Crippen LogP contribution < -0.4 is 5.32 Å². The quantitative estimate of drug-likeness (QED) is 0.348. The van der Waals surface area contributed by atoms with Gasteiger partial charge in [0.1, 0.15) is 6.29 Å². The summed E-state index contributed by atoms with van der Waals surface area (Å²) in [6.45, 7) is 6.94. The zero-order valence-corrected chi connectivity index (χ0v) is 14.0. The molecule has 0 fully saturated rings. The van der Waals surface area contributed by atoms with Crippen molar-refractivity contribution in [3.8, 4) is 0 Å². The third-order valence-electron chi connectivity index (χ3n) is 4.05. The first kappa shape index (κ1) is 17.1. The van der Waals surface area contributed by atoms with Gasteiger partial charge in [0.2, 0.25) is 0 Å². The highest BCUT2D eigenvalue weighted by molar-refractivity contribution is 7.80. The lowest BCUT2D eigenvalue weighted by Crippen LogP contribution is -2.26. The van der Waals surface area contributed by atoms with Crippen molar-refractivity contribution in [3.63, 3.8) is 0 Å². The van der Waals surface area contributed by atoms with E-state index in [1.807, 2.05) is 13.1 Å². The predicted molar refractivity (Wildman–Crippen MR) is 90.0 cm³/mol. The number of rotatable bonds is 5. The average Bonchev–Trinajstić information content (AvgIpc) is 2.42. The summed E-state index contributed by atoms with van der Waals surface area (Å²) < 4.78 is 0. The molecule has 0 amide bonds. The Morgan fingerprint density at radius 1 is 1.45 bits per heavy atom. The van der Waals surface area contributed by atoms with Crippen LogP contribution in [-0.2, 0) is 4.79 Å². The third kappa shape index (κ3) is 4.86. The Kier molecular flexibility index (Phi) is 6.60. The van der Waals surface area contributed by atoms with Gasteiger partial charge in [-0.05, 0) is 47.8 Å². The fourth-order valence-corrected chi connectivity index (χ4v) is 2.87. The summed E-state index contributed by atoms with van der Waals surface area (Å²) in [6, 6.07) is 0. The lowest BCUT2D eigenvalue weighted by atomic mass is 9.71. The van der Waals surface area contributed by atoms with Crippen LogP contribution in [0.2, 0.25) is 0 Å². The second kappa shape index (κ2) is 7.72. The first-order valence-corrected chi connectivity index (χ1v) is 7.88. The maximum Gasteiger partial charge on any atom is 0.142 e. The maximum atomic E-state index is 10.5. The van der Waals surface area contributed by atoms with Crippen LogP contribution in [0.4, 0.5) is 0 Å². The van der Waals surface area contributed by atoms with Crippen LogP contribution in [0.15, 0.2) is 35.1 Å². The van der Waals surface area contributed by atoms with Crippen LogP contribution in [0.5, 0.6) is 0 Å². The predicted octanol–water partition coefficient (Wildman–Crippen LogP) is 3.92. The molecule has 0 saturated heterocycles. The fraction of sp³-hybridized carbons (Fsp3) is 0.588. The molecule has 112 valence electrons. The number of hydrogen-bond acceptors (Lipinski definition) is 3. The highest BCUT2D eigenvalue weighted by Crippen LogP contribution is 2.40. The molecule has 1 unspecified atom stereocenters. The Balaban J connectivity index is 3.02. The van der Waals surface area contributed by atoms with E-state index < -0.39 is 0 Å². The average molecular weight is 293 g/mol. The Hall–Kier alpha value is -0.960. The van der Waals surface area contributed by atoms with Crippen molar-refractivity contribution < 1.29 is 4.79 Å². The number of thiol groups is 1. The number of allylic oxidation sites excluding steroid dienone is 5. The van der Waals surface area contributed by atoms with E-state index in [1.165, 1.54) is 23.8 Å². The molecule has 0 aromatic rings. The van der Waals surface area contributed by atoms with Gasteiger partial charge in [-0.3, -0.25) is 4.79 Å². The smallest absolute Gasteiger partial charge is 0.142 e. The summed E-state index contributed by atoms with van der Waals surface area (Å²) in [7, 11) is 1.99. The molecule has 0 saturated carbocycles. The molecule has 0 bridgehead atoms. The molecule has 1 atom stereocenters. The maximum absolute atomic E-state index is 10.5. The minimum absolute atomic E-state index is 0.331. The lowest BCUT2D eigenvalue weighted by molar-refractivity contribution is -0.104. The summed E-state index contributed by atoms with van der Waals surface area (Å²) >= 11 is 4.35. The van der Waals surface area contributed by atoms with Crippen molar-refractivity contribution in [2.24, 2.45) is 11.3 Å². The van der Waals surface area contributed by atoms with Gasteiger partial charge in [0, 0.05) is 18.5 Å². The summed E-state index contributed by atoms with van der Waals surface area (Å²) in [5.41, 5.74) is 4.10.